The van der Waals surface area contributed by atoms with E-state index in [1.54, 1.807) is 19.2 Å². The van der Waals surface area contributed by atoms with E-state index in [1.165, 1.54) is 11.3 Å². The maximum absolute atomic E-state index is 12.4. The molecule has 0 radical (unpaired) electrons. The zero-order chi connectivity index (χ0) is 19.1. The minimum absolute atomic E-state index is 0.0822. The molecule has 1 aromatic carbocycles. The number of rotatable bonds is 7. The summed E-state index contributed by atoms with van der Waals surface area (Å²) < 4.78 is 9.64. The van der Waals surface area contributed by atoms with Crippen LogP contribution in [0.5, 0.6) is 0 Å². The van der Waals surface area contributed by atoms with Crippen LogP contribution in [0, 0.1) is 6.92 Å². The second-order valence-corrected chi connectivity index (χ2v) is 6.17. The Kier molecular flexibility index (Phi) is 6.85. The standard InChI is InChI=1S/C18H20N2O5S/c1-4-24-17(22)14(18(23)25-5-2)20-15(21)13-10-26-16(19-13)12-8-6-11(3)7-9-12/h6-10,14H,4-5H2,1-3H3,(H,20,21). The van der Waals surface area contributed by atoms with Crippen molar-refractivity contribution in [1.29, 1.82) is 0 Å². The summed E-state index contributed by atoms with van der Waals surface area (Å²) in [5.74, 6) is -2.38. The van der Waals surface area contributed by atoms with Gasteiger partial charge in [0.25, 0.3) is 5.91 Å². The Balaban J connectivity index is 2.15. The first-order chi connectivity index (χ1) is 12.5. The van der Waals surface area contributed by atoms with Crippen LogP contribution in [0.2, 0.25) is 0 Å². The molecule has 26 heavy (non-hydrogen) atoms. The smallest absolute Gasteiger partial charge is 0.340 e. The number of hydrogen-bond donors (Lipinski definition) is 1. The van der Waals surface area contributed by atoms with E-state index >= 15 is 0 Å². The summed E-state index contributed by atoms with van der Waals surface area (Å²) in [6, 6.07) is 6.21. The first-order valence-electron chi connectivity index (χ1n) is 8.13. The van der Waals surface area contributed by atoms with Gasteiger partial charge < -0.3 is 14.8 Å². The van der Waals surface area contributed by atoms with Gasteiger partial charge in [-0.25, -0.2) is 14.6 Å². The van der Waals surface area contributed by atoms with Gasteiger partial charge in [0.2, 0.25) is 6.04 Å². The number of nitrogens with one attached hydrogen (secondary N) is 1. The average Bonchev–Trinajstić information content (AvgIpc) is 3.10. The van der Waals surface area contributed by atoms with Gasteiger partial charge in [-0.15, -0.1) is 11.3 Å². The SMILES string of the molecule is CCOC(=O)C(NC(=O)c1csc(-c2ccc(C)cc2)n1)C(=O)OCC. The molecule has 138 valence electrons. The number of ether oxygens (including phenoxy) is 2. The van der Waals surface area contributed by atoms with E-state index < -0.39 is 23.9 Å². The third kappa shape index (κ3) is 4.89. The monoisotopic (exact) mass is 376 g/mol. The molecular formula is C18H20N2O5S. The van der Waals surface area contributed by atoms with E-state index in [2.05, 4.69) is 10.3 Å². The molecule has 0 saturated heterocycles. The number of nitrogens with zero attached hydrogens (tertiary/aromatic N) is 1. The molecule has 0 atom stereocenters. The molecule has 1 N–H and O–H groups in total. The number of thiazole rings is 1. The van der Waals surface area contributed by atoms with Crippen LogP contribution in [-0.4, -0.2) is 42.1 Å². The minimum atomic E-state index is -1.52. The first-order valence-corrected chi connectivity index (χ1v) is 9.00. The Morgan fingerprint density at radius 1 is 1.08 bits per heavy atom. The molecule has 0 bridgehead atoms. The highest BCUT2D eigenvalue weighted by atomic mass is 32.1. The van der Waals surface area contributed by atoms with Crippen LogP contribution in [0.3, 0.4) is 0 Å². The first kappa shape index (κ1) is 19.6. The lowest BCUT2D eigenvalue weighted by atomic mass is 10.2. The van der Waals surface area contributed by atoms with Crippen molar-refractivity contribution in [2.75, 3.05) is 13.2 Å². The molecule has 1 aromatic heterocycles. The van der Waals surface area contributed by atoms with Gasteiger partial charge in [0, 0.05) is 10.9 Å². The molecule has 0 aliphatic carbocycles. The quantitative estimate of drug-likeness (QED) is 0.589. The third-order valence-corrected chi connectivity index (χ3v) is 4.25. The number of carbonyl (C=O) groups excluding carboxylic acids is 3. The fourth-order valence-electron chi connectivity index (χ4n) is 2.08. The number of benzene rings is 1. The fourth-order valence-corrected chi connectivity index (χ4v) is 2.88. The lowest BCUT2D eigenvalue weighted by Crippen LogP contribution is -2.48. The van der Waals surface area contributed by atoms with Gasteiger partial charge in [-0.1, -0.05) is 29.8 Å². The van der Waals surface area contributed by atoms with Crippen molar-refractivity contribution in [3.05, 3.63) is 40.9 Å². The van der Waals surface area contributed by atoms with Crippen LogP contribution >= 0.6 is 11.3 Å². The van der Waals surface area contributed by atoms with Gasteiger partial charge in [-0.2, -0.15) is 0 Å². The molecule has 8 heteroatoms. The van der Waals surface area contributed by atoms with Crippen LogP contribution < -0.4 is 5.32 Å². The van der Waals surface area contributed by atoms with Crippen LogP contribution in [0.4, 0.5) is 0 Å². The second-order valence-electron chi connectivity index (χ2n) is 5.31. The topological polar surface area (TPSA) is 94.6 Å². The maximum Gasteiger partial charge on any atom is 0.340 e. The number of amides is 1. The minimum Gasteiger partial charge on any atom is -0.464 e. The number of aryl methyl sites for hydroxylation is 1. The second kappa shape index (κ2) is 9.10. The summed E-state index contributed by atoms with van der Waals surface area (Å²) in [4.78, 5) is 40.5. The average molecular weight is 376 g/mol. The normalized spacial score (nSPS) is 10.5. The zero-order valence-corrected chi connectivity index (χ0v) is 15.6. The van der Waals surface area contributed by atoms with Gasteiger partial charge >= 0.3 is 11.9 Å². The van der Waals surface area contributed by atoms with E-state index in [4.69, 9.17) is 9.47 Å². The summed E-state index contributed by atoms with van der Waals surface area (Å²) in [5, 5.41) is 4.57. The van der Waals surface area contributed by atoms with Gasteiger partial charge in [0.05, 0.1) is 13.2 Å². The van der Waals surface area contributed by atoms with Crippen molar-refractivity contribution in [3.63, 3.8) is 0 Å². The van der Waals surface area contributed by atoms with Crippen molar-refractivity contribution in [2.24, 2.45) is 0 Å². The molecule has 0 spiro atoms. The Bertz CT molecular complexity index is 767. The number of carbonyl (C=O) groups is 3. The van der Waals surface area contributed by atoms with Crippen LogP contribution in [0.15, 0.2) is 29.6 Å². The molecule has 2 aromatic rings. The molecule has 1 amide bonds. The Hall–Kier alpha value is -2.74. The molecule has 0 aliphatic heterocycles. The van der Waals surface area contributed by atoms with Crippen molar-refractivity contribution in [2.45, 2.75) is 26.8 Å². The van der Waals surface area contributed by atoms with Crippen LogP contribution in [0.25, 0.3) is 10.6 Å². The highest BCUT2D eigenvalue weighted by Gasteiger charge is 2.32. The van der Waals surface area contributed by atoms with E-state index in [0.717, 1.165) is 11.1 Å². The largest absolute Gasteiger partial charge is 0.464 e. The lowest BCUT2D eigenvalue weighted by molar-refractivity contribution is -0.157. The maximum atomic E-state index is 12.4. The van der Waals surface area contributed by atoms with E-state index in [0.29, 0.717) is 5.01 Å². The van der Waals surface area contributed by atoms with Gasteiger partial charge in [0.15, 0.2) is 0 Å². The Morgan fingerprint density at radius 3 is 2.19 bits per heavy atom. The number of hydrogen-bond acceptors (Lipinski definition) is 7. The summed E-state index contributed by atoms with van der Waals surface area (Å²) >= 11 is 1.30. The zero-order valence-electron chi connectivity index (χ0n) is 14.8. The lowest BCUT2D eigenvalue weighted by Gasteiger charge is -2.15. The molecular weight excluding hydrogens is 356 g/mol. The van der Waals surface area contributed by atoms with Gasteiger partial charge in [0.1, 0.15) is 10.7 Å². The van der Waals surface area contributed by atoms with Crippen molar-refractivity contribution in [3.8, 4) is 10.6 Å². The molecule has 7 nitrogen and oxygen atoms in total. The Morgan fingerprint density at radius 2 is 1.65 bits per heavy atom. The third-order valence-electron chi connectivity index (χ3n) is 3.36. The van der Waals surface area contributed by atoms with E-state index in [1.807, 2.05) is 31.2 Å². The fraction of sp³-hybridized carbons (Fsp3) is 0.333. The van der Waals surface area contributed by atoms with Crippen molar-refractivity contribution >= 4 is 29.2 Å². The summed E-state index contributed by atoms with van der Waals surface area (Å²) in [6.45, 7) is 5.36. The molecule has 1 heterocycles. The van der Waals surface area contributed by atoms with Gasteiger partial charge in [-0.3, -0.25) is 4.79 Å². The van der Waals surface area contributed by atoms with Gasteiger partial charge in [-0.05, 0) is 20.8 Å². The molecule has 0 aliphatic rings. The predicted molar refractivity (Wildman–Crippen MR) is 96.8 cm³/mol. The Labute approximate surface area is 155 Å². The summed E-state index contributed by atoms with van der Waals surface area (Å²) in [7, 11) is 0. The van der Waals surface area contributed by atoms with Crippen molar-refractivity contribution in [1.82, 2.24) is 10.3 Å². The molecule has 0 saturated carbocycles. The van der Waals surface area contributed by atoms with E-state index in [9.17, 15) is 14.4 Å². The molecule has 2 rings (SSSR count). The highest BCUT2D eigenvalue weighted by Crippen LogP contribution is 2.24. The summed E-state index contributed by atoms with van der Waals surface area (Å²) in [5.41, 5.74) is 2.12. The number of aromatic nitrogens is 1. The van der Waals surface area contributed by atoms with Crippen molar-refractivity contribution < 1.29 is 23.9 Å². The summed E-state index contributed by atoms with van der Waals surface area (Å²) in [6.07, 6.45) is 0. The highest BCUT2D eigenvalue weighted by molar-refractivity contribution is 7.13. The number of esters is 2. The predicted octanol–water partition coefficient (Wildman–Crippen LogP) is 2.34. The molecule has 0 fully saturated rings. The van der Waals surface area contributed by atoms with Crippen LogP contribution in [-0.2, 0) is 19.1 Å². The van der Waals surface area contributed by atoms with Crippen LogP contribution in [0.1, 0.15) is 29.9 Å². The molecule has 0 unspecified atom stereocenters. The van der Waals surface area contributed by atoms with E-state index in [-0.39, 0.29) is 18.9 Å².